The van der Waals surface area contributed by atoms with Gasteiger partial charge in [-0.1, -0.05) is 12.1 Å². The maximum atomic E-state index is 13.5. The van der Waals surface area contributed by atoms with Gasteiger partial charge in [0.15, 0.2) is 5.78 Å². The fraction of sp³-hybridized carbons (Fsp3) is 0.483. The molecule has 2 aromatic heterocycles. The Morgan fingerprint density at radius 2 is 1.77 bits per heavy atom. The normalized spacial score (nSPS) is 18.2. The van der Waals surface area contributed by atoms with Crippen LogP contribution >= 0.6 is 0 Å². The number of aromatic nitrogens is 2. The minimum Gasteiger partial charge on any atom is -0.444 e. The van der Waals surface area contributed by atoms with Gasteiger partial charge in [0.05, 0.1) is 17.1 Å². The van der Waals surface area contributed by atoms with E-state index in [2.05, 4.69) is 4.98 Å². The number of hydrogen-bond acceptors (Lipinski definition) is 7. The monoisotopic (exact) mass is 568 g/mol. The average molecular weight is 569 g/mol. The average Bonchev–Trinajstić information content (AvgIpc) is 3.39. The van der Waals surface area contributed by atoms with Gasteiger partial charge in [-0.3, -0.25) is 4.79 Å². The van der Waals surface area contributed by atoms with Crippen LogP contribution in [0.25, 0.3) is 5.65 Å². The highest BCUT2D eigenvalue weighted by Crippen LogP contribution is 2.33. The molecule has 4 heterocycles. The first-order valence-electron chi connectivity index (χ1n) is 13.6. The Labute approximate surface area is 234 Å². The van der Waals surface area contributed by atoms with Crippen molar-refractivity contribution in [2.75, 3.05) is 32.8 Å². The van der Waals surface area contributed by atoms with E-state index in [1.165, 1.54) is 4.31 Å². The number of carbonyl (C=O) groups excluding carboxylic acids is 2. The first kappa shape index (κ1) is 28.3. The Hall–Kier alpha value is -3.28. The van der Waals surface area contributed by atoms with Crippen LogP contribution in [0.5, 0.6) is 0 Å². The number of amides is 1. The van der Waals surface area contributed by atoms with Crippen molar-refractivity contribution >= 4 is 27.5 Å². The van der Waals surface area contributed by atoms with Crippen LogP contribution < -0.4 is 0 Å². The number of fused-ring (bicyclic) bond motifs is 1. The zero-order valence-electron chi connectivity index (χ0n) is 23.2. The second kappa shape index (κ2) is 10.9. The van der Waals surface area contributed by atoms with Crippen molar-refractivity contribution in [1.29, 1.82) is 0 Å². The molecule has 2 aliphatic heterocycles. The SMILES string of the molecule is CC(C)(C)OC(=O)N1CCC2(CC1)CN(S(=O)(=O)c1ccc(CCC(=O)c3ccc4nccn4c3)cc1)CCO2. The number of rotatable bonds is 6. The molecule has 0 aliphatic carbocycles. The summed E-state index contributed by atoms with van der Waals surface area (Å²) in [5.74, 6) is 0.0172. The van der Waals surface area contributed by atoms with Gasteiger partial charge < -0.3 is 18.8 Å². The molecule has 5 rings (SSSR count). The first-order chi connectivity index (χ1) is 18.9. The molecule has 1 amide bonds. The second-order valence-electron chi connectivity index (χ2n) is 11.5. The lowest BCUT2D eigenvalue weighted by Gasteiger charge is -2.46. The number of hydrogen-bond donors (Lipinski definition) is 0. The summed E-state index contributed by atoms with van der Waals surface area (Å²) in [4.78, 5) is 31.2. The third-order valence-electron chi connectivity index (χ3n) is 7.45. The molecule has 1 spiro atoms. The Morgan fingerprint density at radius 3 is 2.48 bits per heavy atom. The molecule has 3 aromatic rings. The molecular weight excluding hydrogens is 532 g/mol. The van der Waals surface area contributed by atoms with Crippen LogP contribution in [0.15, 0.2) is 59.9 Å². The van der Waals surface area contributed by atoms with Crippen molar-refractivity contribution in [2.45, 2.75) is 62.6 Å². The van der Waals surface area contributed by atoms with Crippen LogP contribution in [0.1, 0.15) is 56.0 Å². The van der Waals surface area contributed by atoms with Gasteiger partial charge >= 0.3 is 6.09 Å². The number of ketones is 1. The van der Waals surface area contributed by atoms with Crippen molar-refractivity contribution in [3.8, 4) is 0 Å². The van der Waals surface area contributed by atoms with E-state index in [9.17, 15) is 18.0 Å². The molecule has 0 atom stereocenters. The van der Waals surface area contributed by atoms with E-state index in [4.69, 9.17) is 9.47 Å². The lowest BCUT2D eigenvalue weighted by atomic mass is 9.90. The molecule has 2 saturated heterocycles. The molecule has 1 aromatic carbocycles. The zero-order valence-corrected chi connectivity index (χ0v) is 24.0. The lowest BCUT2D eigenvalue weighted by molar-refractivity contribution is -0.118. The van der Waals surface area contributed by atoms with Gasteiger partial charge in [-0.05, 0) is 69.9 Å². The van der Waals surface area contributed by atoms with Gasteiger partial charge in [0, 0.05) is 56.8 Å². The van der Waals surface area contributed by atoms with Crippen LogP contribution in [-0.4, -0.2) is 82.9 Å². The summed E-state index contributed by atoms with van der Waals surface area (Å²) in [6.07, 6.45) is 6.81. The first-order valence-corrected chi connectivity index (χ1v) is 15.1. The van der Waals surface area contributed by atoms with E-state index in [0.717, 1.165) is 11.2 Å². The topological polar surface area (TPSA) is 111 Å². The van der Waals surface area contributed by atoms with Gasteiger partial charge in [-0.25, -0.2) is 18.2 Å². The number of pyridine rings is 1. The molecule has 214 valence electrons. The Balaban J connectivity index is 1.18. The number of ether oxygens (including phenoxy) is 2. The summed E-state index contributed by atoms with van der Waals surface area (Å²) < 4.78 is 41.9. The molecule has 2 aliphatic rings. The van der Waals surface area contributed by atoms with Crippen LogP contribution in [0.3, 0.4) is 0 Å². The number of likely N-dealkylation sites (tertiary alicyclic amines) is 1. The fourth-order valence-corrected chi connectivity index (χ4v) is 6.70. The van der Waals surface area contributed by atoms with Gasteiger partial charge in [0.2, 0.25) is 10.0 Å². The highest BCUT2D eigenvalue weighted by molar-refractivity contribution is 7.89. The third-order valence-corrected chi connectivity index (χ3v) is 9.31. The maximum Gasteiger partial charge on any atom is 0.410 e. The van der Waals surface area contributed by atoms with E-state index < -0.39 is 21.2 Å². The Bertz CT molecular complexity index is 1480. The number of piperidine rings is 1. The van der Waals surface area contributed by atoms with Gasteiger partial charge in [-0.15, -0.1) is 0 Å². The second-order valence-corrected chi connectivity index (χ2v) is 13.5. The number of Topliss-reactive ketones (excluding diaryl/α,β-unsaturated/α-hetero) is 1. The maximum absolute atomic E-state index is 13.5. The van der Waals surface area contributed by atoms with Crippen LogP contribution in [0.2, 0.25) is 0 Å². The highest BCUT2D eigenvalue weighted by Gasteiger charge is 2.44. The number of carbonyl (C=O) groups is 2. The fourth-order valence-electron chi connectivity index (χ4n) is 5.21. The summed E-state index contributed by atoms with van der Waals surface area (Å²) in [5, 5.41) is 0. The van der Waals surface area contributed by atoms with E-state index >= 15 is 0 Å². The van der Waals surface area contributed by atoms with Crippen LogP contribution in [-0.2, 0) is 25.9 Å². The predicted octanol–water partition coefficient (Wildman–Crippen LogP) is 3.94. The van der Waals surface area contributed by atoms with E-state index in [1.54, 1.807) is 53.8 Å². The van der Waals surface area contributed by atoms with Crippen molar-refractivity contribution < 1.29 is 27.5 Å². The number of imidazole rings is 1. The highest BCUT2D eigenvalue weighted by atomic mass is 32.2. The minimum atomic E-state index is -3.73. The number of aryl methyl sites for hydroxylation is 1. The van der Waals surface area contributed by atoms with Gasteiger partial charge in [-0.2, -0.15) is 4.31 Å². The van der Waals surface area contributed by atoms with Crippen molar-refractivity contribution in [1.82, 2.24) is 18.6 Å². The molecule has 0 N–H and O–H groups in total. The van der Waals surface area contributed by atoms with Crippen LogP contribution in [0, 0.1) is 0 Å². The predicted molar refractivity (Wildman–Crippen MR) is 149 cm³/mol. The molecule has 10 nitrogen and oxygen atoms in total. The third kappa shape index (κ3) is 6.21. The van der Waals surface area contributed by atoms with Gasteiger partial charge in [0.25, 0.3) is 0 Å². The summed E-state index contributed by atoms with van der Waals surface area (Å²) in [6.45, 7) is 7.22. The molecule has 0 radical (unpaired) electrons. The number of benzene rings is 1. The number of sulfonamides is 1. The molecule has 40 heavy (non-hydrogen) atoms. The largest absolute Gasteiger partial charge is 0.444 e. The van der Waals surface area contributed by atoms with Crippen molar-refractivity contribution in [3.05, 3.63) is 66.1 Å². The van der Waals surface area contributed by atoms with Crippen LogP contribution in [0.4, 0.5) is 4.79 Å². The molecule has 11 heteroatoms. The summed E-state index contributed by atoms with van der Waals surface area (Å²) in [7, 11) is -3.73. The summed E-state index contributed by atoms with van der Waals surface area (Å²) in [5.41, 5.74) is 1.10. The van der Waals surface area contributed by atoms with Gasteiger partial charge in [0.1, 0.15) is 11.2 Å². The minimum absolute atomic E-state index is 0.0172. The molecule has 0 saturated carbocycles. The summed E-state index contributed by atoms with van der Waals surface area (Å²) in [6, 6.07) is 10.4. The van der Waals surface area contributed by atoms with Crippen molar-refractivity contribution in [2.24, 2.45) is 0 Å². The van der Waals surface area contributed by atoms with E-state index in [-0.39, 0.29) is 29.9 Å². The number of morpholine rings is 1. The van der Waals surface area contributed by atoms with E-state index in [1.807, 2.05) is 31.2 Å². The molecule has 0 unspecified atom stereocenters. The molecule has 0 bridgehead atoms. The molecular formula is C29H36N4O6S. The Kier molecular flexibility index (Phi) is 7.73. The summed E-state index contributed by atoms with van der Waals surface area (Å²) >= 11 is 0. The van der Waals surface area contributed by atoms with E-state index in [0.29, 0.717) is 50.9 Å². The van der Waals surface area contributed by atoms with Crippen molar-refractivity contribution in [3.63, 3.8) is 0 Å². The zero-order chi connectivity index (χ0) is 28.5. The lowest BCUT2D eigenvalue weighted by Crippen LogP contribution is -2.58. The standard InChI is InChI=1S/C29H36N4O6S/c1-28(2,3)39-27(35)31-15-12-29(13-16-31)21-33(18-19-38-29)40(36,37)24-8-4-22(5-9-24)6-10-25(34)23-7-11-26-30-14-17-32(26)20-23/h4-5,7-9,11,14,17,20H,6,10,12-13,15-16,18-19,21H2,1-3H3. The quantitative estimate of drug-likeness (QED) is 0.414. The Morgan fingerprint density at radius 1 is 1.05 bits per heavy atom. The number of nitrogens with zero attached hydrogens (tertiary/aromatic N) is 4. The smallest absolute Gasteiger partial charge is 0.410 e. The molecule has 2 fully saturated rings.